The molecule has 2 aromatic rings. The molecule has 31 heavy (non-hydrogen) atoms. The van der Waals surface area contributed by atoms with Gasteiger partial charge in [0, 0.05) is 0 Å². The summed E-state index contributed by atoms with van der Waals surface area (Å²) in [5.74, 6) is 1.69. The van der Waals surface area contributed by atoms with E-state index in [2.05, 4.69) is 104 Å². The Balaban J connectivity index is 2.66. The molecule has 2 rings (SSSR count). The smallest absolute Gasteiger partial charge is 0.133 e. The summed E-state index contributed by atoms with van der Waals surface area (Å²) in [5.41, 5.74) is 12.7. The van der Waals surface area contributed by atoms with Crippen molar-refractivity contribution >= 4 is 0 Å². The molecule has 0 unspecified atom stereocenters. The van der Waals surface area contributed by atoms with E-state index < -0.39 is 0 Å². The van der Waals surface area contributed by atoms with E-state index in [-0.39, 0.29) is 10.8 Å². The van der Waals surface area contributed by atoms with Crippen LogP contribution in [0.1, 0.15) is 74.9 Å². The molecule has 164 valence electrons. The Bertz CT molecular complexity index is 960. The van der Waals surface area contributed by atoms with Gasteiger partial charge in [0.05, 0.1) is 0 Å². The van der Waals surface area contributed by atoms with Crippen LogP contribution in [-0.2, 0) is 17.3 Å². The van der Waals surface area contributed by atoms with Crippen molar-refractivity contribution in [2.75, 3.05) is 0 Å². The lowest BCUT2D eigenvalue weighted by Crippen LogP contribution is -2.18. The van der Waals surface area contributed by atoms with Crippen molar-refractivity contribution in [3.05, 3.63) is 94.8 Å². The largest absolute Gasteiger partial charge is 0.457 e. The molecule has 0 aromatic heterocycles. The fourth-order valence-corrected chi connectivity index (χ4v) is 3.85. The predicted octanol–water partition coefficient (Wildman–Crippen LogP) is 7.84. The molecule has 0 spiro atoms. The minimum absolute atomic E-state index is 0.0201. The molecule has 2 aromatic carbocycles. The van der Waals surface area contributed by atoms with E-state index in [1.54, 1.807) is 0 Å². The van der Waals surface area contributed by atoms with Gasteiger partial charge < -0.3 is 9.47 Å². The van der Waals surface area contributed by atoms with Crippen LogP contribution in [0.25, 0.3) is 0 Å². The first kappa shape index (κ1) is 24.4. The van der Waals surface area contributed by atoms with Crippen molar-refractivity contribution in [2.24, 2.45) is 0 Å². The van der Waals surface area contributed by atoms with Gasteiger partial charge in [-0.05, 0) is 76.6 Å². The Hall–Kier alpha value is -2.92. The average Bonchev–Trinajstić information content (AvgIpc) is 2.64. The predicted molar refractivity (Wildman–Crippen MR) is 131 cm³/mol. The van der Waals surface area contributed by atoms with Crippen molar-refractivity contribution in [3.8, 4) is 11.5 Å². The van der Waals surface area contributed by atoms with Crippen LogP contribution in [0.3, 0.4) is 0 Å². The van der Waals surface area contributed by atoms with Gasteiger partial charge in [0.25, 0.3) is 0 Å². The van der Waals surface area contributed by atoms with E-state index in [0.717, 1.165) is 29.0 Å². The third kappa shape index (κ3) is 6.05. The van der Waals surface area contributed by atoms with Crippen molar-refractivity contribution < 1.29 is 9.47 Å². The number of benzene rings is 2. The summed E-state index contributed by atoms with van der Waals surface area (Å²) >= 11 is 0. The number of aryl methyl sites for hydroxylation is 2. The standard InChI is InChI=1S/C29H36O2/c1-11-13-30-26-18-24(28(5,6)7)22(15-20(26)3)17-23-16-21(4)27(31-14-12-2)19-25(23)29(8,9)10/h13-16,18-19H,1-2,17H2,3-10H3. The number of hydrogen-bond donors (Lipinski definition) is 0. The molecule has 2 heteroatoms. The van der Waals surface area contributed by atoms with E-state index in [1.165, 1.54) is 34.8 Å². The normalized spacial score (nSPS) is 11.4. The molecule has 0 saturated carbocycles. The fourth-order valence-electron chi connectivity index (χ4n) is 3.85. The van der Waals surface area contributed by atoms with Gasteiger partial charge in [-0.2, -0.15) is 0 Å². The SMILES string of the molecule is C=C=COc1cc(C(C)(C)C)c(Cc2cc(C)c(OC=C=C)cc2C(C)(C)C)cc1C. The number of rotatable bonds is 6. The molecule has 0 heterocycles. The van der Waals surface area contributed by atoms with Crippen LogP contribution in [0.15, 0.2) is 61.4 Å². The zero-order chi connectivity index (χ0) is 23.4. The van der Waals surface area contributed by atoms with Crippen LogP contribution in [0, 0.1) is 13.8 Å². The quantitative estimate of drug-likeness (QED) is 0.353. The van der Waals surface area contributed by atoms with Crippen LogP contribution >= 0.6 is 0 Å². The van der Waals surface area contributed by atoms with E-state index >= 15 is 0 Å². The highest BCUT2D eigenvalue weighted by molar-refractivity contribution is 5.51. The molecule has 0 bridgehead atoms. The van der Waals surface area contributed by atoms with Crippen LogP contribution in [0.2, 0.25) is 0 Å². The van der Waals surface area contributed by atoms with Crippen molar-refractivity contribution in [1.82, 2.24) is 0 Å². The number of ether oxygens (including phenoxy) is 2. The van der Waals surface area contributed by atoms with Gasteiger partial charge in [0.1, 0.15) is 24.0 Å². The lowest BCUT2D eigenvalue weighted by Gasteiger charge is -2.28. The van der Waals surface area contributed by atoms with Crippen molar-refractivity contribution in [3.63, 3.8) is 0 Å². The van der Waals surface area contributed by atoms with Gasteiger partial charge in [-0.15, -0.1) is 0 Å². The third-order valence-corrected chi connectivity index (χ3v) is 5.34. The molecule has 0 fully saturated rings. The molecular formula is C29H36O2. The van der Waals surface area contributed by atoms with E-state index in [0.29, 0.717) is 0 Å². The molecule has 0 radical (unpaired) electrons. The average molecular weight is 417 g/mol. The summed E-state index contributed by atoms with van der Waals surface area (Å²) in [6.07, 6.45) is 3.86. The Morgan fingerprint density at radius 1 is 0.710 bits per heavy atom. The summed E-state index contributed by atoms with van der Waals surface area (Å²) in [6, 6.07) is 8.82. The highest BCUT2D eigenvalue weighted by Gasteiger charge is 2.24. The monoisotopic (exact) mass is 416 g/mol. The third-order valence-electron chi connectivity index (χ3n) is 5.34. The minimum atomic E-state index is -0.0201. The van der Waals surface area contributed by atoms with Gasteiger partial charge in [0.2, 0.25) is 0 Å². The van der Waals surface area contributed by atoms with Gasteiger partial charge in [0.15, 0.2) is 0 Å². The van der Waals surface area contributed by atoms with Crippen LogP contribution in [0.4, 0.5) is 0 Å². The summed E-state index contributed by atoms with van der Waals surface area (Å²) in [6.45, 7) is 24.8. The van der Waals surface area contributed by atoms with E-state index in [1.807, 2.05) is 0 Å². The highest BCUT2D eigenvalue weighted by Crippen LogP contribution is 2.37. The van der Waals surface area contributed by atoms with Crippen LogP contribution < -0.4 is 9.47 Å². The van der Waals surface area contributed by atoms with E-state index in [9.17, 15) is 0 Å². The fraction of sp³-hybridized carbons (Fsp3) is 0.379. The summed E-state index contributed by atoms with van der Waals surface area (Å²) in [4.78, 5) is 0. The Morgan fingerprint density at radius 3 is 1.35 bits per heavy atom. The highest BCUT2D eigenvalue weighted by atomic mass is 16.5. The molecule has 0 aliphatic carbocycles. The Morgan fingerprint density at radius 2 is 1.06 bits per heavy atom. The Labute approximate surface area is 188 Å². The lowest BCUT2D eigenvalue weighted by molar-refractivity contribution is 0.473. The maximum absolute atomic E-state index is 5.75. The topological polar surface area (TPSA) is 18.5 Å². The van der Waals surface area contributed by atoms with Crippen LogP contribution in [0.5, 0.6) is 11.5 Å². The lowest BCUT2D eigenvalue weighted by atomic mass is 9.78. The molecule has 2 nitrogen and oxygen atoms in total. The van der Waals surface area contributed by atoms with Gasteiger partial charge >= 0.3 is 0 Å². The summed E-state index contributed by atoms with van der Waals surface area (Å²) in [5, 5.41) is 0. The van der Waals surface area contributed by atoms with Crippen LogP contribution in [-0.4, -0.2) is 0 Å². The second-order valence-corrected chi connectivity index (χ2v) is 10.1. The van der Waals surface area contributed by atoms with Gasteiger partial charge in [-0.25, -0.2) is 0 Å². The summed E-state index contributed by atoms with van der Waals surface area (Å²) < 4.78 is 11.5. The number of hydrogen-bond acceptors (Lipinski definition) is 2. The molecule has 0 atom stereocenters. The Kier molecular flexibility index (Phi) is 7.45. The van der Waals surface area contributed by atoms with Gasteiger partial charge in [-0.1, -0.05) is 78.3 Å². The van der Waals surface area contributed by atoms with Gasteiger partial charge in [-0.3, -0.25) is 0 Å². The zero-order valence-electron chi connectivity index (χ0n) is 20.4. The summed E-state index contributed by atoms with van der Waals surface area (Å²) in [7, 11) is 0. The van der Waals surface area contributed by atoms with Crippen molar-refractivity contribution in [2.45, 2.75) is 72.6 Å². The maximum Gasteiger partial charge on any atom is 0.133 e. The first-order valence-corrected chi connectivity index (χ1v) is 10.7. The molecule has 0 N–H and O–H groups in total. The molecule has 0 aliphatic rings. The molecule has 0 saturated heterocycles. The van der Waals surface area contributed by atoms with Crippen molar-refractivity contribution in [1.29, 1.82) is 0 Å². The first-order chi connectivity index (χ1) is 14.4. The first-order valence-electron chi connectivity index (χ1n) is 10.7. The molecule has 0 aliphatic heterocycles. The molecular weight excluding hydrogens is 380 g/mol. The second kappa shape index (κ2) is 9.48. The molecule has 0 amide bonds. The minimum Gasteiger partial charge on any atom is -0.457 e. The van der Waals surface area contributed by atoms with E-state index in [4.69, 9.17) is 9.47 Å². The maximum atomic E-state index is 5.75. The zero-order valence-corrected chi connectivity index (χ0v) is 20.4. The second-order valence-electron chi connectivity index (χ2n) is 10.1.